The molecule has 2 heterocycles. The maximum absolute atomic E-state index is 16.0. The second kappa shape index (κ2) is 10.5. The van der Waals surface area contributed by atoms with Gasteiger partial charge >= 0.3 is 6.01 Å². The van der Waals surface area contributed by atoms with E-state index in [1.165, 1.54) is 12.1 Å². The van der Waals surface area contributed by atoms with Crippen molar-refractivity contribution in [2.75, 3.05) is 38.7 Å². The van der Waals surface area contributed by atoms with Gasteiger partial charge in [-0.2, -0.15) is 9.97 Å². The summed E-state index contributed by atoms with van der Waals surface area (Å²) in [7, 11) is 3.95. The molecule has 0 aliphatic carbocycles. The first-order valence-corrected chi connectivity index (χ1v) is 12.3. The Balaban J connectivity index is 1.88. The topological polar surface area (TPSA) is 61.7 Å². The molecule has 0 amide bonds. The summed E-state index contributed by atoms with van der Waals surface area (Å²) < 4.78 is 36.5. The molecule has 1 saturated heterocycles. The van der Waals surface area contributed by atoms with Crippen LogP contribution in [-0.4, -0.2) is 59.8 Å². The molecule has 0 saturated carbocycles. The van der Waals surface area contributed by atoms with Gasteiger partial charge in [0.2, 0.25) is 0 Å². The molecule has 2 atom stereocenters. The van der Waals surface area contributed by atoms with Gasteiger partial charge in [-0.25, -0.2) is 8.78 Å². The molecule has 0 unspecified atom stereocenters. The average Bonchev–Trinajstić information content (AvgIpc) is 2.80. The maximum Gasteiger partial charge on any atom is 0.319 e. The van der Waals surface area contributed by atoms with Crippen LogP contribution >= 0.6 is 11.6 Å². The van der Waals surface area contributed by atoms with Crippen LogP contribution in [0.3, 0.4) is 0 Å². The lowest BCUT2D eigenvalue weighted by molar-refractivity contribution is 0.264. The third kappa shape index (κ3) is 5.28. The van der Waals surface area contributed by atoms with Crippen LogP contribution in [0.1, 0.15) is 33.1 Å². The number of aromatic hydroxyl groups is 1. The summed E-state index contributed by atoms with van der Waals surface area (Å²) in [5, 5.41) is 10.7. The molecule has 4 rings (SSSR count). The number of benzene rings is 2. The number of ether oxygens (including phenoxy) is 1. The van der Waals surface area contributed by atoms with Crippen molar-refractivity contribution in [3.8, 4) is 22.9 Å². The molecular weight excluding hydrogens is 474 g/mol. The van der Waals surface area contributed by atoms with Crippen LogP contribution in [0.4, 0.5) is 14.6 Å². The monoisotopic (exact) mass is 504 g/mol. The average molecular weight is 505 g/mol. The minimum absolute atomic E-state index is 0.0231. The highest BCUT2D eigenvalue weighted by molar-refractivity contribution is 6.34. The molecule has 1 aliphatic heterocycles. The molecule has 3 aromatic rings. The minimum atomic E-state index is -0.826. The van der Waals surface area contributed by atoms with E-state index in [9.17, 15) is 9.50 Å². The molecule has 0 radical (unpaired) electrons. The number of phenols is 1. The van der Waals surface area contributed by atoms with Crippen molar-refractivity contribution < 1.29 is 18.6 Å². The Morgan fingerprint density at radius 2 is 1.94 bits per heavy atom. The second-order valence-electron chi connectivity index (χ2n) is 9.60. The standard InChI is InChI=1S/C26H31ClF2N4O2/c1-15-9-10-16(2)33(14-15)25-17-13-18(27)21(22-19(28)7-5-8-20(22)34)23(29)24(17)30-26(31-25)35-12-6-11-32(3)4/h5,7-8,13,15-16,34H,6,9-12,14H2,1-4H3/t15-,16-/m0/s1. The highest BCUT2D eigenvalue weighted by atomic mass is 35.5. The van der Waals surface area contributed by atoms with Crippen molar-refractivity contribution in [2.24, 2.45) is 5.92 Å². The Hall–Kier alpha value is -2.71. The summed E-state index contributed by atoms with van der Waals surface area (Å²) in [5.41, 5.74) is -0.561. The Morgan fingerprint density at radius 3 is 2.66 bits per heavy atom. The van der Waals surface area contributed by atoms with Crippen LogP contribution < -0.4 is 9.64 Å². The fraction of sp³-hybridized carbons (Fsp3) is 0.462. The van der Waals surface area contributed by atoms with Crippen molar-refractivity contribution in [3.05, 3.63) is 40.9 Å². The fourth-order valence-electron chi connectivity index (χ4n) is 4.56. The lowest BCUT2D eigenvalue weighted by Gasteiger charge is -2.38. The highest BCUT2D eigenvalue weighted by Crippen LogP contribution is 2.43. The molecule has 9 heteroatoms. The van der Waals surface area contributed by atoms with Gasteiger partial charge in [0.1, 0.15) is 22.9 Å². The Bertz CT molecular complexity index is 1200. The van der Waals surface area contributed by atoms with E-state index in [-0.39, 0.29) is 33.7 Å². The predicted octanol–water partition coefficient (Wildman–Crippen LogP) is 5.89. The number of fused-ring (bicyclic) bond motifs is 1. The van der Waals surface area contributed by atoms with E-state index in [0.29, 0.717) is 23.7 Å². The lowest BCUT2D eigenvalue weighted by Crippen LogP contribution is -2.41. The lowest BCUT2D eigenvalue weighted by atomic mass is 9.94. The summed E-state index contributed by atoms with van der Waals surface area (Å²) in [5.74, 6) is -1.03. The van der Waals surface area contributed by atoms with E-state index >= 15 is 4.39 Å². The van der Waals surface area contributed by atoms with E-state index in [1.54, 1.807) is 6.07 Å². The SMILES string of the molecule is C[C@H]1CC[C@H](C)N(c2nc(OCCCN(C)C)nc3c(F)c(-c4c(O)cccc4F)c(Cl)cc23)C1. The van der Waals surface area contributed by atoms with E-state index in [2.05, 4.69) is 28.7 Å². The third-order valence-corrected chi connectivity index (χ3v) is 6.75. The van der Waals surface area contributed by atoms with E-state index < -0.39 is 17.4 Å². The summed E-state index contributed by atoms with van der Waals surface area (Å²) in [4.78, 5) is 13.2. The van der Waals surface area contributed by atoms with Crippen molar-refractivity contribution in [2.45, 2.75) is 39.2 Å². The number of rotatable bonds is 7. The largest absolute Gasteiger partial charge is 0.507 e. The first kappa shape index (κ1) is 25.4. The van der Waals surface area contributed by atoms with Crippen LogP contribution in [0.25, 0.3) is 22.0 Å². The fourth-order valence-corrected chi connectivity index (χ4v) is 4.85. The zero-order valence-electron chi connectivity index (χ0n) is 20.5. The van der Waals surface area contributed by atoms with Crippen LogP contribution in [0.5, 0.6) is 11.8 Å². The number of anilines is 1. The number of halogens is 3. The van der Waals surface area contributed by atoms with E-state index in [0.717, 1.165) is 38.4 Å². The number of piperidine rings is 1. The first-order valence-electron chi connectivity index (χ1n) is 11.9. The number of hydrogen-bond donors (Lipinski definition) is 1. The smallest absolute Gasteiger partial charge is 0.319 e. The molecule has 0 bridgehead atoms. The second-order valence-corrected chi connectivity index (χ2v) is 10.0. The van der Waals surface area contributed by atoms with Crippen molar-refractivity contribution in [3.63, 3.8) is 0 Å². The van der Waals surface area contributed by atoms with Crippen molar-refractivity contribution >= 4 is 28.3 Å². The van der Waals surface area contributed by atoms with Gasteiger partial charge in [-0.15, -0.1) is 0 Å². The molecule has 188 valence electrons. The van der Waals surface area contributed by atoms with Gasteiger partial charge in [0.15, 0.2) is 5.82 Å². The molecule has 35 heavy (non-hydrogen) atoms. The minimum Gasteiger partial charge on any atom is -0.507 e. The molecule has 2 aromatic carbocycles. The summed E-state index contributed by atoms with van der Waals surface area (Å²) in [6.45, 7) is 6.23. The first-order chi connectivity index (χ1) is 16.7. The van der Waals surface area contributed by atoms with Crippen molar-refractivity contribution in [1.29, 1.82) is 0 Å². The molecule has 1 aromatic heterocycles. The van der Waals surface area contributed by atoms with Crippen LogP contribution in [0.2, 0.25) is 5.02 Å². The van der Waals surface area contributed by atoms with E-state index in [1.807, 2.05) is 19.0 Å². The molecule has 1 aliphatic rings. The van der Waals surface area contributed by atoms with Gasteiger partial charge in [-0.1, -0.05) is 24.6 Å². The van der Waals surface area contributed by atoms with Gasteiger partial charge in [-0.05, 0) is 64.4 Å². The van der Waals surface area contributed by atoms with Crippen LogP contribution in [-0.2, 0) is 0 Å². The molecule has 6 nitrogen and oxygen atoms in total. The quantitative estimate of drug-likeness (QED) is 0.405. The third-order valence-electron chi connectivity index (χ3n) is 6.45. The Morgan fingerprint density at radius 1 is 1.17 bits per heavy atom. The van der Waals surface area contributed by atoms with Gasteiger partial charge in [0.25, 0.3) is 0 Å². The van der Waals surface area contributed by atoms with Crippen LogP contribution in [0, 0.1) is 17.6 Å². The zero-order chi connectivity index (χ0) is 25.3. The Kier molecular flexibility index (Phi) is 7.62. The van der Waals surface area contributed by atoms with Gasteiger partial charge in [-0.3, -0.25) is 0 Å². The number of hydrogen-bond acceptors (Lipinski definition) is 6. The van der Waals surface area contributed by atoms with Gasteiger partial charge < -0.3 is 19.6 Å². The molecular formula is C26H31ClF2N4O2. The summed E-state index contributed by atoms with van der Waals surface area (Å²) in [6.07, 6.45) is 2.82. The van der Waals surface area contributed by atoms with Gasteiger partial charge in [0, 0.05) is 30.1 Å². The zero-order valence-corrected chi connectivity index (χ0v) is 21.2. The predicted molar refractivity (Wildman–Crippen MR) is 135 cm³/mol. The highest BCUT2D eigenvalue weighted by Gasteiger charge is 2.29. The number of aromatic nitrogens is 2. The normalized spacial score (nSPS) is 18.5. The summed E-state index contributed by atoms with van der Waals surface area (Å²) in [6, 6.07) is 5.58. The van der Waals surface area contributed by atoms with Crippen LogP contribution in [0.15, 0.2) is 24.3 Å². The molecule has 0 spiro atoms. The van der Waals surface area contributed by atoms with Crippen molar-refractivity contribution in [1.82, 2.24) is 14.9 Å². The molecule has 1 fully saturated rings. The molecule has 1 N–H and O–H groups in total. The number of nitrogens with zero attached hydrogens (tertiary/aromatic N) is 4. The van der Waals surface area contributed by atoms with E-state index in [4.69, 9.17) is 16.3 Å². The van der Waals surface area contributed by atoms with Gasteiger partial charge in [0.05, 0.1) is 17.2 Å². The Labute approximate surface area is 209 Å². The summed E-state index contributed by atoms with van der Waals surface area (Å²) >= 11 is 6.51. The number of phenolic OH excluding ortho intramolecular Hbond substituents is 1. The maximum atomic E-state index is 16.0.